The third-order valence-electron chi connectivity index (χ3n) is 2.78. The van der Waals surface area contributed by atoms with Crippen molar-refractivity contribution in [2.75, 3.05) is 14.2 Å². The van der Waals surface area contributed by atoms with Gasteiger partial charge in [-0.1, -0.05) is 22.8 Å². The van der Waals surface area contributed by atoms with Gasteiger partial charge in [0.2, 0.25) is 0 Å². The molecule has 0 saturated carbocycles. The molecule has 0 amide bonds. The van der Waals surface area contributed by atoms with Crippen molar-refractivity contribution in [3.63, 3.8) is 0 Å². The topological polar surface area (TPSA) is 12.5 Å². The number of halogens is 2. The van der Waals surface area contributed by atoms with Gasteiger partial charge in [0.25, 0.3) is 0 Å². The smallest absolute Gasteiger partial charge is 0.0817 e. The molecule has 0 N–H and O–H groups in total. The summed E-state index contributed by atoms with van der Waals surface area (Å²) in [5.41, 5.74) is 1.73. The van der Waals surface area contributed by atoms with Crippen molar-refractivity contribution in [3.05, 3.63) is 58.5 Å². The second-order valence-corrected chi connectivity index (χ2v) is 4.66. The van der Waals surface area contributed by atoms with Gasteiger partial charge < -0.3 is 9.64 Å². The van der Waals surface area contributed by atoms with Crippen LogP contribution in [0.5, 0.6) is 5.75 Å². The number of likely N-dealkylation sites (N-methyl/N-ethyl adjacent to an activating group) is 1. The summed E-state index contributed by atoms with van der Waals surface area (Å²) in [7, 11) is 3.33. The van der Waals surface area contributed by atoms with Gasteiger partial charge in [-0.15, -0.1) is 15.9 Å². The van der Waals surface area contributed by atoms with E-state index in [0.29, 0.717) is 17.0 Å². The van der Waals surface area contributed by atoms with Gasteiger partial charge >= 0.3 is 0 Å². The standard InChI is InChI=1S/C14H12BrFNO.Y/c1-9-10(15)7-8-12(17(9)2)14-11(16)5-4-6-13(14)18-3;/h4-7H,1H2,2-3H3;/q-1;. The summed E-state index contributed by atoms with van der Waals surface area (Å²) in [6.45, 7) is 3.92. The van der Waals surface area contributed by atoms with Crippen LogP contribution in [0.4, 0.5) is 4.39 Å². The number of benzene rings is 1. The van der Waals surface area contributed by atoms with Crippen molar-refractivity contribution < 1.29 is 41.8 Å². The predicted molar refractivity (Wildman–Crippen MR) is 73.5 cm³/mol. The Morgan fingerprint density at radius 1 is 1.42 bits per heavy atom. The molecular weight excluding hydrogens is 386 g/mol. The summed E-state index contributed by atoms with van der Waals surface area (Å²) in [6.07, 6.45) is 4.76. The van der Waals surface area contributed by atoms with Crippen molar-refractivity contribution in [1.82, 2.24) is 4.90 Å². The molecule has 1 aromatic carbocycles. The fraction of sp³-hybridized carbons (Fsp3) is 0.143. The first-order valence-electron chi connectivity index (χ1n) is 5.31. The van der Waals surface area contributed by atoms with Crippen molar-refractivity contribution in [2.24, 2.45) is 0 Å². The fourth-order valence-corrected chi connectivity index (χ4v) is 2.13. The SMILES string of the molecule is C=C1C(Br)=C[C-]=C(c2c(F)cccc2OC)N1C.[Y]. The zero-order valence-electron chi connectivity index (χ0n) is 10.7. The van der Waals surface area contributed by atoms with Crippen molar-refractivity contribution in [2.45, 2.75) is 0 Å². The Morgan fingerprint density at radius 2 is 2.11 bits per heavy atom. The molecule has 0 aliphatic carbocycles. The third-order valence-corrected chi connectivity index (χ3v) is 3.47. The maximum Gasteiger partial charge on any atom is 0.0817 e. The van der Waals surface area contributed by atoms with Crippen molar-refractivity contribution >= 4 is 21.6 Å². The zero-order chi connectivity index (χ0) is 13.3. The Kier molecular flexibility index (Phi) is 5.96. The summed E-state index contributed by atoms with van der Waals surface area (Å²) >= 11 is 3.37. The Morgan fingerprint density at radius 3 is 2.74 bits per heavy atom. The summed E-state index contributed by atoms with van der Waals surface area (Å²) in [4.78, 5) is 1.77. The van der Waals surface area contributed by atoms with Crippen LogP contribution in [0.3, 0.4) is 0 Å². The Balaban J connectivity index is 0.00000180. The van der Waals surface area contributed by atoms with Crippen LogP contribution in [-0.4, -0.2) is 19.1 Å². The number of methoxy groups -OCH3 is 1. The molecule has 0 spiro atoms. The summed E-state index contributed by atoms with van der Waals surface area (Å²) in [5.74, 6) is 0.131. The predicted octanol–water partition coefficient (Wildman–Crippen LogP) is 3.71. The first kappa shape index (κ1) is 16.6. The van der Waals surface area contributed by atoms with Crippen LogP contribution < -0.4 is 4.74 Å². The van der Waals surface area contributed by atoms with Crippen LogP contribution in [-0.2, 0) is 32.7 Å². The van der Waals surface area contributed by atoms with Crippen LogP contribution >= 0.6 is 15.9 Å². The Hall–Kier alpha value is -0.446. The fourth-order valence-electron chi connectivity index (χ4n) is 1.75. The molecule has 1 aliphatic heterocycles. The molecule has 0 bridgehead atoms. The van der Waals surface area contributed by atoms with E-state index in [1.165, 1.54) is 13.2 Å². The second kappa shape index (κ2) is 6.82. The van der Waals surface area contributed by atoms with Gasteiger partial charge in [-0.25, -0.2) is 4.39 Å². The van der Waals surface area contributed by atoms with E-state index in [4.69, 9.17) is 4.74 Å². The zero-order valence-corrected chi connectivity index (χ0v) is 15.1. The largest absolute Gasteiger partial charge is 0.509 e. The molecule has 97 valence electrons. The number of rotatable bonds is 2. The van der Waals surface area contributed by atoms with Crippen molar-refractivity contribution in [3.8, 4) is 5.75 Å². The van der Waals surface area contributed by atoms with E-state index in [1.807, 2.05) is 7.05 Å². The molecule has 5 heteroatoms. The van der Waals surface area contributed by atoms with Gasteiger partial charge in [-0.3, -0.25) is 0 Å². The third kappa shape index (κ3) is 3.18. The van der Waals surface area contributed by atoms with Crippen LogP contribution in [0.1, 0.15) is 5.56 Å². The average molecular weight is 398 g/mol. The molecule has 0 unspecified atom stereocenters. The van der Waals surface area contributed by atoms with Crippen LogP contribution in [0, 0.1) is 11.9 Å². The molecule has 2 rings (SSSR count). The molecule has 1 aliphatic rings. The van der Waals surface area contributed by atoms with E-state index in [2.05, 4.69) is 28.6 Å². The number of allylic oxidation sites excluding steroid dienone is 3. The molecule has 1 radical (unpaired) electrons. The molecule has 1 heterocycles. The number of ether oxygens (including phenoxy) is 1. The van der Waals surface area contributed by atoms with Crippen LogP contribution in [0.15, 0.2) is 41.0 Å². The molecular formula is C14H12BrFNOY-. The summed E-state index contributed by atoms with van der Waals surface area (Å²) in [6, 6.07) is 4.73. The van der Waals surface area contributed by atoms with Gasteiger partial charge in [0.05, 0.1) is 18.7 Å². The Labute approximate surface area is 146 Å². The monoisotopic (exact) mass is 397 g/mol. The van der Waals surface area contributed by atoms with Gasteiger partial charge in [0.15, 0.2) is 0 Å². The minimum Gasteiger partial charge on any atom is -0.509 e. The van der Waals surface area contributed by atoms with Gasteiger partial charge in [0.1, 0.15) is 0 Å². The molecule has 0 aromatic heterocycles. The molecule has 0 saturated heterocycles. The van der Waals surface area contributed by atoms with E-state index >= 15 is 0 Å². The maximum absolute atomic E-state index is 14.0. The molecule has 2 nitrogen and oxygen atoms in total. The summed E-state index contributed by atoms with van der Waals surface area (Å²) < 4.78 is 20.0. The number of hydrogen-bond donors (Lipinski definition) is 0. The molecule has 19 heavy (non-hydrogen) atoms. The minimum absolute atomic E-state index is 0. The molecule has 0 fully saturated rings. The van der Waals surface area contributed by atoms with Crippen molar-refractivity contribution in [1.29, 1.82) is 0 Å². The second-order valence-electron chi connectivity index (χ2n) is 3.81. The maximum atomic E-state index is 14.0. The number of nitrogens with zero attached hydrogens (tertiary/aromatic N) is 1. The van der Waals surface area contributed by atoms with Gasteiger partial charge in [0, 0.05) is 39.8 Å². The van der Waals surface area contributed by atoms with Crippen LogP contribution in [0.2, 0.25) is 0 Å². The average Bonchev–Trinajstić information content (AvgIpc) is 2.37. The van der Waals surface area contributed by atoms with Gasteiger partial charge in [-0.2, -0.15) is 12.2 Å². The normalized spacial score (nSPS) is 14.5. The van der Waals surface area contributed by atoms with Gasteiger partial charge in [-0.05, 0) is 23.4 Å². The van der Waals surface area contributed by atoms with E-state index in [1.54, 1.807) is 23.1 Å². The van der Waals surface area contributed by atoms with Crippen LogP contribution in [0.25, 0.3) is 5.70 Å². The van der Waals surface area contributed by atoms with E-state index in [0.717, 1.165) is 10.2 Å². The summed E-state index contributed by atoms with van der Waals surface area (Å²) in [5, 5.41) is 0. The van der Waals surface area contributed by atoms with E-state index < -0.39 is 0 Å². The minimum atomic E-state index is -0.345. The van der Waals surface area contributed by atoms with E-state index in [-0.39, 0.29) is 38.5 Å². The number of hydrogen-bond acceptors (Lipinski definition) is 2. The van der Waals surface area contributed by atoms with E-state index in [9.17, 15) is 4.39 Å². The first-order chi connectivity index (χ1) is 8.56. The molecule has 1 aromatic rings. The molecule has 0 atom stereocenters. The first-order valence-corrected chi connectivity index (χ1v) is 6.10. The quantitative estimate of drug-likeness (QED) is 0.705. The Bertz CT molecular complexity index is 569.